The van der Waals surface area contributed by atoms with Crippen LogP contribution < -0.4 is 0 Å². The molecule has 0 bridgehead atoms. The first-order chi connectivity index (χ1) is 6.72. The van der Waals surface area contributed by atoms with E-state index in [0.29, 0.717) is 0 Å². The number of aliphatic hydroxyl groups is 1. The van der Waals surface area contributed by atoms with Gasteiger partial charge in [-0.05, 0) is 31.0 Å². The molecule has 0 spiro atoms. The lowest BCUT2D eigenvalue weighted by atomic mass is 10.1. The molecule has 0 aliphatic heterocycles. The van der Waals surface area contributed by atoms with Crippen molar-refractivity contribution in [2.45, 2.75) is 70.2 Å². The minimum Gasteiger partial charge on any atom is -0.409 e. The largest absolute Gasteiger partial charge is 0.409 e. The zero-order chi connectivity index (χ0) is 11.7. The number of hydrogen-bond donors (Lipinski definition) is 1. The highest BCUT2D eigenvalue weighted by atomic mass is 28.4. The van der Waals surface area contributed by atoms with Crippen LogP contribution in [0.25, 0.3) is 0 Å². The summed E-state index contributed by atoms with van der Waals surface area (Å²) in [6, 6.07) is 0. The van der Waals surface area contributed by atoms with Crippen molar-refractivity contribution in [1.82, 2.24) is 0 Å². The van der Waals surface area contributed by atoms with Gasteiger partial charge in [0.2, 0.25) is 0 Å². The van der Waals surface area contributed by atoms with E-state index >= 15 is 0 Å². The summed E-state index contributed by atoms with van der Waals surface area (Å²) in [5, 5.41) is 9.78. The minimum absolute atomic E-state index is 0.194. The molecular formula is C12H26O2Si. The Morgan fingerprint density at radius 1 is 1.20 bits per heavy atom. The van der Waals surface area contributed by atoms with Crippen molar-refractivity contribution < 1.29 is 9.53 Å². The Labute approximate surface area is 95.2 Å². The van der Waals surface area contributed by atoms with Gasteiger partial charge in [0.25, 0.3) is 0 Å². The Hall–Kier alpha value is 0.137. The summed E-state index contributed by atoms with van der Waals surface area (Å²) in [6.45, 7) is 11.5. The molecule has 1 N–H and O–H groups in total. The van der Waals surface area contributed by atoms with E-state index < -0.39 is 8.32 Å². The zero-order valence-corrected chi connectivity index (χ0v) is 11.9. The molecule has 90 valence electrons. The van der Waals surface area contributed by atoms with Crippen LogP contribution in [0.5, 0.6) is 0 Å². The minimum atomic E-state index is -1.72. The van der Waals surface area contributed by atoms with Crippen molar-refractivity contribution in [3.05, 3.63) is 0 Å². The van der Waals surface area contributed by atoms with Gasteiger partial charge in [0.15, 0.2) is 8.32 Å². The Bertz CT molecular complexity index is 212. The molecule has 2 nitrogen and oxygen atoms in total. The summed E-state index contributed by atoms with van der Waals surface area (Å²) in [5.41, 5.74) is -0.205. The van der Waals surface area contributed by atoms with E-state index in [1.54, 1.807) is 0 Å². The summed E-state index contributed by atoms with van der Waals surface area (Å²) in [5.74, 6) is 0. The quantitative estimate of drug-likeness (QED) is 0.754. The maximum atomic E-state index is 9.54. The molecular weight excluding hydrogens is 204 g/mol. The zero-order valence-electron chi connectivity index (χ0n) is 10.9. The van der Waals surface area contributed by atoms with Crippen LogP contribution in [0.2, 0.25) is 18.1 Å². The van der Waals surface area contributed by atoms with Crippen LogP contribution in [-0.4, -0.2) is 25.6 Å². The second kappa shape index (κ2) is 4.19. The van der Waals surface area contributed by atoms with Gasteiger partial charge < -0.3 is 9.53 Å². The molecule has 0 saturated heterocycles. The van der Waals surface area contributed by atoms with Gasteiger partial charge in [-0.2, -0.15) is 0 Å². The first-order valence-electron chi connectivity index (χ1n) is 6.04. The highest BCUT2D eigenvalue weighted by molar-refractivity contribution is 6.74. The first kappa shape index (κ1) is 13.2. The van der Waals surface area contributed by atoms with Crippen molar-refractivity contribution >= 4 is 8.32 Å². The monoisotopic (exact) mass is 230 g/mol. The summed E-state index contributed by atoms with van der Waals surface area (Å²) in [4.78, 5) is 0. The molecule has 0 unspecified atom stereocenters. The Balaban J connectivity index is 2.74. The SMILES string of the molecule is CC(C)(C)[Si](C)(C)OC1(CO)CCCC1. The van der Waals surface area contributed by atoms with E-state index in [9.17, 15) is 5.11 Å². The number of rotatable bonds is 3. The fraction of sp³-hybridized carbons (Fsp3) is 1.00. The summed E-state index contributed by atoms with van der Waals surface area (Å²) in [6.07, 6.45) is 4.48. The second-order valence-electron chi connectivity index (χ2n) is 6.41. The average Bonchev–Trinajstić information content (AvgIpc) is 2.51. The second-order valence-corrected chi connectivity index (χ2v) is 11.1. The lowest BCUT2D eigenvalue weighted by Crippen LogP contribution is -2.50. The van der Waals surface area contributed by atoms with Gasteiger partial charge in [0, 0.05) is 0 Å². The summed E-state index contributed by atoms with van der Waals surface area (Å²) < 4.78 is 6.39. The van der Waals surface area contributed by atoms with Gasteiger partial charge >= 0.3 is 0 Å². The van der Waals surface area contributed by atoms with Crippen molar-refractivity contribution in [3.63, 3.8) is 0 Å². The summed E-state index contributed by atoms with van der Waals surface area (Å²) in [7, 11) is -1.72. The number of hydrogen-bond acceptors (Lipinski definition) is 2. The van der Waals surface area contributed by atoms with Gasteiger partial charge in [-0.25, -0.2) is 0 Å². The van der Waals surface area contributed by atoms with Gasteiger partial charge in [0.05, 0.1) is 12.2 Å². The molecule has 0 amide bonds. The van der Waals surface area contributed by atoms with Crippen LogP contribution in [0.15, 0.2) is 0 Å². The van der Waals surface area contributed by atoms with Crippen LogP contribution >= 0.6 is 0 Å². The number of aliphatic hydroxyl groups excluding tert-OH is 1. The molecule has 0 aromatic heterocycles. The normalized spacial score (nSPS) is 22.0. The summed E-state index contributed by atoms with van der Waals surface area (Å²) >= 11 is 0. The van der Waals surface area contributed by atoms with Crippen LogP contribution in [0.1, 0.15) is 46.5 Å². The van der Waals surface area contributed by atoms with Crippen LogP contribution in [-0.2, 0) is 4.43 Å². The maximum Gasteiger partial charge on any atom is 0.192 e. The molecule has 0 aromatic carbocycles. The molecule has 0 radical (unpaired) electrons. The van der Waals surface area contributed by atoms with Crippen molar-refractivity contribution in [2.75, 3.05) is 6.61 Å². The van der Waals surface area contributed by atoms with E-state index in [-0.39, 0.29) is 17.2 Å². The van der Waals surface area contributed by atoms with E-state index in [1.165, 1.54) is 12.8 Å². The topological polar surface area (TPSA) is 29.5 Å². The van der Waals surface area contributed by atoms with Crippen LogP contribution in [0.3, 0.4) is 0 Å². The Morgan fingerprint density at radius 2 is 1.67 bits per heavy atom. The fourth-order valence-electron chi connectivity index (χ4n) is 2.01. The molecule has 1 rings (SSSR count). The molecule has 1 saturated carbocycles. The van der Waals surface area contributed by atoms with E-state index in [2.05, 4.69) is 33.9 Å². The lowest BCUT2D eigenvalue weighted by Gasteiger charge is -2.43. The van der Waals surface area contributed by atoms with Gasteiger partial charge in [-0.15, -0.1) is 0 Å². The third-order valence-corrected chi connectivity index (χ3v) is 8.64. The molecule has 1 aliphatic rings. The van der Waals surface area contributed by atoms with Crippen molar-refractivity contribution in [3.8, 4) is 0 Å². The first-order valence-corrected chi connectivity index (χ1v) is 8.94. The average molecular weight is 230 g/mol. The van der Waals surface area contributed by atoms with Gasteiger partial charge in [-0.3, -0.25) is 0 Å². The van der Waals surface area contributed by atoms with Gasteiger partial charge in [-0.1, -0.05) is 33.6 Å². The Kier molecular flexibility index (Phi) is 3.69. The highest BCUT2D eigenvalue weighted by Crippen LogP contribution is 2.43. The predicted octanol–water partition coefficient (Wildman–Crippen LogP) is 3.31. The molecule has 3 heteroatoms. The van der Waals surface area contributed by atoms with E-state index in [0.717, 1.165) is 12.8 Å². The highest BCUT2D eigenvalue weighted by Gasteiger charge is 2.45. The standard InChI is InChI=1S/C12H26O2Si/c1-11(2,3)15(4,5)14-12(10-13)8-6-7-9-12/h13H,6-10H2,1-5H3. The lowest BCUT2D eigenvalue weighted by molar-refractivity contribution is 0.00332. The maximum absolute atomic E-state index is 9.54. The van der Waals surface area contributed by atoms with Crippen LogP contribution in [0, 0.1) is 0 Å². The molecule has 0 heterocycles. The van der Waals surface area contributed by atoms with E-state index in [1.807, 2.05) is 0 Å². The molecule has 0 aromatic rings. The smallest absolute Gasteiger partial charge is 0.192 e. The molecule has 0 atom stereocenters. The third kappa shape index (κ3) is 2.83. The third-order valence-electron chi connectivity index (χ3n) is 4.08. The molecule has 1 aliphatic carbocycles. The molecule has 15 heavy (non-hydrogen) atoms. The van der Waals surface area contributed by atoms with Gasteiger partial charge in [0.1, 0.15) is 0 Å². The molecule has 1 fully saturated rings. The fourth-order valence-corrected chi connectivity index (χ4v) is 3.66. The van der Waals surface area contributed by atoms with Crippen LogP contribution in [0.4, 0.5) is 0 Å². The predicted molar refractivity (Wildman–Crippen MR) is 66.6 cm³/mol. The van der Waals surface area contributed by atoms with E-state index in [4.69, 9.17) is 4.43 Å². The van der Waals surface area contributed by atoms with Crippen molar-refractivity contribution in [2.24, 2.45) is 0 Å². The van der Waals surface area contributed by atoms with Crippen molar-refractivity contribution in [1.29, 1.82) is 0 Å². The Morgan fingerprint density at radius 3 is 2.00 bits per heavy atom.